The zero-order valence-corrected chi connectivity index (χ0v) is 8.04. The molecule has 3 heteroatoms. The topological polar surface area (TPSA) is 72.3 Å². The fourth-order valence-corrected chi connectivity index (χ4v) is 1.34. The summed E-state index contributed by atoms with van der Waals surface area (Å²) in [4.78, 5) is 0. The average molecular weight is 180 g/mol. The lowest BCUT2D eigenvalue weighted by atomic mass is 10.0. The first-order chi connectivity index (χ1) is 6.06. The van der Waals surface area contributed by atoms with E-state index in [1.54, 1.807) is 0 Å². The number of benzene rings is 1. The Morgan fingerprint density at radius 1 is 1.31 bits per heavy atom. The zero-order chi connectivity index (χ0) is 10.0. The second kappa shape index (κ2) is 3.77. The minimum absolute atomic E-state index is 0.141. The van der Waals surface area contributed by atoms with E-state index in [4.69, 9.17) is 11.5 Å². The highest BCUT2D eigenvalue weighted by molar-refractivity contribution is 5.43. The van der Waals surface area contributed by atoms with Gasteiger partial charge in [-0.15, -0.1) is 0 Å². The Balaban J connectivity index is 3.13. The molecule has 0 amide bonds. The number of hydrogen-bond acceptors (Lipinski definition) is 3. The van der Waals surface area contributed by atoms with E-state index in [9.17, 15) is 5.11 Å². The summed E-state index contributed by atoms with van der Waals surface area (Å²) >= 11 is 0. The molecule has 0 radical (unpaired) electrons. The van der Waals surface area contributed by atoms with Gasteiger partial charge in [0.15, 0.2) is 0 Å². The normalized spacial score (nSPS) is 12.9. The van der Waals surface area contributed by atoms with E-state index in [0.29, 0.717) is 12.3 Å². The van der Waals surface area contributed by atoms with E-state index in [2.05, 4.69) is 0 Å². The van der Waals surface area contributed by atoms with Crippen molar-refractivity contribution in [1.29, 1.82) is 0 Å². The highest BCUT2D eigenvalue weighted by Crippen LogP contribution is 2.24. The molecule has 0 heterocycles. The fraction of sp³-hybridized carbons (Fsp3) is 0.400. The number of phenolic OH excluding ortho intramolecular Hbond substituents is 1. The van der Waals surface area contributed by atoms with Crippen LogP contribution in [0.25, 0.3) is 0 Å². The van der Waals surface area contributed by atoms with Gasteiger partial charge in [0.2, 0.25) is 0 Å². The van der Waals surface area contributed by atoms with Crippen LogP contribution in [0.1, 0.15) is 22.7 Å². The molecule has 72 valence electrons. The Kier molecular flexibility index (Phi) is 2.90. The lowest BCUT2D eigenvalue weighted by molar-refractivity contribution is 0.466. The fourth-order valence-electron chi connectivity index (χ4n) is 1.34. The predicted molar refractivity (Wildman–Crippen MR) is 53.6 cm³/mol. The van der Waals surface area contributed by atoms with Gasteiger partial charge in [-0.25, -0.2) is 0 Å². The Morgan fingerprint density at radius 3 is 2.15 bits per heavy atom. The summed E-state index contributed by atoms with van der Waals surface area (Å²) < 4.78 is 0. The first-order valence-electron chi connectivity index (χ1n) is 4.32. The molecule has 0 fully saturated rings. The summed E-state index contributed by atoms with van der Waals surface area (Å²) in [6, 6.07) is 3.61. The molecule has 13 heavy (non-hydrogen) atoms. The lowest BCUT2D eigenvalue weighted by Crippen LogP contribution is -2.20. The van der Waals surface area contributed by atoms with E-state index in [1.807, 2.05) is 26.0 Å². The number of rotatable bonds is 2. The highest BCUT2D eigenvalue weighted by Gasteiger charge is 2.07. The van der Waals surface area contributed by atoms with E-state index >= 15 is 0 Å². The van der Waals surface area contributed by atoms with Gasteiger partial charge >= 0.3 is 0 Å². The van der Waals surface area contributed by atoms with Crippen molar-refractivity contribution >= 4 is 0 Å². The monoisotopic (exact) mass is 180 g/mol. The van der Waals surface area contributed by atoms with Gasteiger partial charge in [-0.3, -0.25) is 0 Å². The molecule has 0 saturated carbocycles. The molecule has 0 aliphatic heterocycles. The molecule has 5 N–H and O–H groups in total. The van der Waals surface area contributed by atoms with E-state index in [0.717, 1.165) is 16.7 Å². The molecular formula is C10H16N2O. The summed E-state index contributed by atoms with van der Waals surface area (Å²) in [5.74, 6) is 0.341. The van der Waals surface area contributed by atoms with Crippen LogP contribution in [-0.2, 0) is 0 Å². The van der Waals surface area contributed by atoms with Gasteiger partial charge in [-0.1, -0.05) is 12.1 Å². The molecule has 0 aromatic heterocycles. The van der Waals surface area contributed by atoms with E-state index in [-0.39, 0.29) is 6.04 Å². The maximum absolute atomic E-state index is 9.51. The number of aryl methyl sites for hydroxylation is 2. The first kappa shape index (κ1) is 10.0. The van der Waals surface area contributed by atoms with E-state index < -0.39 is 0 Å². The van der Waals surface area contributed by atoms with Crippen LogP contribution >= 0.6 is 0 Å². The second-order valence-corrected chi connectivity index (χ2v) is 3.35. The molecule has 0 aliphatic carbocycles. The van der Waals surface area contributed by atoms with Crippen molar-refractivity contribution in [2.75, 3.05) is 6.54 Å². The molecule has 1 aromatic rings. The number of aromatic hydroxyl groups is 1. The lowest BCUT2D eigenvalue weighted by Gasteiger charge is -2.12. The molecule has 0 unspecified atom stereocenters. The Labute approximate surface area is 78.4 Å². The van der Waals surface area contributed by atoms with Crippen LogP contribution in [0.3, 0.4) is 0 Å². The smallest absolute Gasteiger partial charge is 0.121 e. The van der Waals surface area contributed by atoms with Crippen molar-refractivity contribution in [3.05, 3.63) is 28.8 Å². The summed E-state index contributed by atoms with van der Waals surface area (Å²) in [5.41, 5.74) is 13.9. The third-order valence-electron chi connectivity index (χ3n) is 2.20. The Bertz CT molecular complexity index is 287. The van der Waals surface area contributed by atoms with Crippen molar-refractivity contribution in [3.8, 4) is 5.75 Å². The largest absolute Gasteiger partial charge is 0.507 e. The van der Waals surface area contributed by atoms with Crippen LogP contribution in [0.15, 0.2) is 12.1 Å². The van der Waals surface area contributed by atoms with E-state index in [1.165, 1.54) is 0 Å². The quantitative estimate of drug-likeness (QED) is 0.635. The number of phenols is 1. The van der Waals surface area contributed by atoms with Crippen molar-refractivity contribution in [2.45, 2.75) is 19.9 Å². The summed E-state index contributed by atoms with van der Waals surface area (Å²) in [7, 11) is 0. The van der Waals surface area contributed by atoms with Gasteiger partial charge in [-0.05, 0) is 30.5 Å². The standard InChI is InChI=1S/C10H16N2O/c1-6-3-8(9(12)5-11)4-7(2)10(6)13/h3-4,9,13H,5,11-12H2,1-2H3/t9-/m0/s1. The minimum atomic E-state index is -0.141. The minimum Gasteiger partial charge on any atom is -0.507 e. The average Bonchev–Trinajstić information content (AvgIpc) is 2.12. The zero-order valence-electron chi connectivity index (χ0n) is 8.04. The Morgan fingerprint density at radius 2 is 1.77 bits per heavy atom. The predicted octanol–water partition coefficient (Wildman–Crippen LogP) is 0.968. The third-order valence-corrected chi connectivity index (χ3v) is 2.20. The van der Waals surface area contributed by atoms with Crippen LogP contribution in [0.4, 0.5) is 0 Å². The maximum Gasteiger partial charge on any atom is 0.121 e. The van der Waals surface area contributed by atoms with Gasteiger partial charge < -0.3 is 16.6 Å². The van der Waals surface area contributed by atoms with Crippen molar-refractivity contribution in [2.24, 2.45) is 11.5 Å². The molecule has 0 saturated heterocycles. The van der Waals surface area contributed by atoms with Crippen LogP contribution in [0, 0.1) is 13.8 Å². The first-order valence-corrected chi connectivity index (χ1v) is 4.32. The molecule has 0 spiro atoms. The van der Waals surface area contributed by atoms with Crippen LogP contribution in [-0.4, -0.2) is 11.7 Å². The van der Waals surface area contributed by atoms with Crippen molar-refractivity contribution in [1.82, 2.24) is 0 Å². The number of nitrogens with two attached hydrogens (primary N) is 2. The molecule has 1 atom stereocenters. The molecule has 0 bridgehead atoms. The molecule has 3 nitrogen and oxygen atoms in total. The van der Waals surface area contributed by atoms with Gasteiger partial charge in [0.25, 0.3) is 0 Å². The number of hydrogen-bond donors (Lipinski definition) is 3. The van der Waals surface area contributed by atoms with Gasteiger partial charge in [0, 0.05) is 12.6 Å². The van der Waals surface area contributed by atoms with Gasteiger partial charge in [0.05, 0.1) is 0 Å². The van der Waals surface area contributed by atoms with Gasteiger partial charge in [-0.2, -0.15) is 0 Å². The summed E-state index contributed by atoms with van der Waals surface area (Å²) in [6.45, 7) is 4.13. The Hall–Kier alpha value is -1.06. The summed E-state index contributed by atoms with van der Waals surface area (Å²) in [5, 5.41) is 9.51. The second-order valence-electron chi connectivity index (χ2n) is 3.35. The van der Waals surface area contributed by atoms with Crippen LogP contribution < -0.4 is 11.5 Å². The highest BCUT2D eigenvalue weighted by atomic mass is 16.3. The molecule has 1 rings (SSSR count). The maximum atomic E-state index is 9.51. The molecular weight excluding hydrogens is 164 g/mol. The third kappa shape index (κ3) is 1.99. The van der Waals surface area contributed by atoms with Crippen molar-refractivity contribution < 1.29 is 5.11 Å². The summed E-state index contributed by atoms with van der Waals surface area (Å²) in [6.07, 6.45) is 0. The SMILES string of the molecule is Cc1cc([C@@H](N)CN)cc(C)c1O. The molecule has 1 aromatic carbocycles. The van der Waals surface area contributed by atoms with Crippen LogP contribution in [0.2, 0.25) is 0 Å². The van der Waals surface area contributed by atoms with Gasteiger partial charge in [0.1, 0.15) is 5.75 Å². The van der Waals surface area contributed by atoms with Crippen LogP contribution in [0.5, 0.6) is 5.75 Å². The van der Waals surface area contributed by atoms with Crippen molar-refractivity contribution in [3.63, 3.8) is 0 Å². The molecule has 0 aliphatic rings.